The number of carbonyl (C=O) groups is 1. The molecule has 8 nitrogen and oxygen atoms in total. The van der Waals surface area contributed by atoms with Gasteiger partial charge in [0.2, 0.25) is 0 Å². The van der Waals surface area contributed by atoms with Crippen LogP contribution >= 0.6 is 11.6 Å². The summed E-state index contributed by atoms with van der Waals surface area (Å²) in [5, 5.41) is 2.78. The van der Waals surface area contributed by atoms with Gasteiger partial charge in [-0.2, -0.15) is 0 Å². The average Bonchev–Trinajstić information content (AvgIpc) is 3.12. The molecule has 0 spiro atoms. The van der Waals surface area contributed by atoms with E-state index in [-0.39, 0.29) is 28.9 Å². The zero-order valence-corrected chi connectivity index (χ0v) is 21.3. The van der Waals surface area contributed by atoms with Gasteiger partial charge in [0.15, 0.2) is 5.82 Å². The van der Waals surface area contributed by atoms with Gasteiger partial charge in [0.1, 0.15) is 28.5 Å². The van der Waals surface area contributed by atoms with Crippen molar-refractivity contribution in [2.75, 3.05) is 32.4 Å². The topological polar surface area (TPSA) is 97.8 Å². The first kappa shape index (κ1) is 25.2. The number of aromatic nitrogens is 3. The van der Waals surface area contributed by atoms with Crippen molar-refractivity contribution < 1.29 is 13.9 Å². The number of nitrogens with zero attached hydrogens (tertiary/aromatic N) is 4. The lowest BCUT2D eigenvalue weighted by atomic mass is 9.97. The third kappa shape index (κ3) is 5.36. The lowest BCUT2D eigenvalue weighted by Crippen LogP contribution is -2.37. The molecule has 0 radical (unpaired) electrons. The number of hydrogen-bond donors (Lipinski definition) is 2. The molecular weight excluding hydrogens is 471 g/mol. The van der Waals surface area contributed by atoms with E-state index in [1.165, 1.54) is 6.07 Å². The number of fused-ring (bicyclic) bond motifs is 1. The van der Waals surface area contributed by atoms with Gasteiger partial charge in [-0.05, 0) is 65.7 Å². The maximum absolute atomic E-state index is 15.3. The fourth-order valence-electron chi connectivity index (χ4n) is 4.57. The quantitative estimate of drug-likeness (QED) is 0.509. The molecule has 0 atom stereocenters. The van der Waals surface area contributed by atoms with Crippen LogP contribution in [0.5, 0.6) is 5.75 Å². The SMILES string of the molecule is Cc1nc(Cc2cc(Cl)c(F)c(C(=O)NCC3CCN(C)CC3)c2OC(C)C)n2ccnc(N)c12. The largest absolute Gasteiger partial charge is 0.490 e. The average molecular weight is 503 g/mol. The number of anilines is 1. The molecule has 3 heterocycles. The number of aryl methyl sites for hydroxylation is 1. The van der Waals surface area contributed by atoms with Crippen LogP contribution in [0.2, 0.25) is 5.02 Å². The molecule has 1 aliphatic heterocycles. The highest BCUT2D eigenvalue weighted by molar-refractivity contribution is 6.31. The maximum atomic E-state index is 15.3. The Kier molecular flexibility index (Phi) is 7.47. The highest BCUT2D eigenvalue weighted by Crippen LogP contribution is 2.35. The molecule has 3 N–H and O–H groups in total. The normalized spacial score (nSPS) is 15.2. The van der Waals surface area contributed by atoms with Crippen molar-refractivity contribution in [3.8, 4) is 5.75 Å². The van der Waals surface area contributed by atoms with Gasteiger partial charge in [0.05, 0.1) is 16.8 Å². The molecule has 1 aromatic carbocycles. The van der Waals surface area contributed by atoms with E-state index in [9.17, 15) is 4.79 Å². The van der Waals surface area contributed by atoms with Crippen LogP contribution in [0.3, 0.4) is 0 Å². The number of nitrogen functional groups attached to an aromatic ring is 1. The lowest BCUT2D eigenvalue weighted by molar-refractivity contribution is 0.0928. The minimum atomic E-state index is -0.787. The lowest BCUT2D eigenvalue weighted by Gasteiger charge is -2.29. The minimum absolute atomic E-state index is 0.140. The number of hydrogen-bond acceptors (Lipinski definition) is 6. The molecule has 1 saturated heterocycles. The third-order valence-electron chi connectivity index (χ3n) is 6.40. The van der Waals surface area contributed by atoms with E-state index in [1.807, 2.05) is 25.2 Å². The number of rotatable bonds is 7. The molecule has 10 heteroatoms. The van der Waals surface area contributed by atoms with Crippen molar-refractivity contribution in [1.82, 2.24) is 24.6 Å². The van der Waals surface area contributed by atoms with Crippen molar-refractivity contribution >= 4 is 28.8 Å². The van der Waals surface area contributed by atoms with Crippen LogP contribution in [0.25, 0.3) is 5.52 Å². The number of halogens is 2. The fraction of sp³-hybridized carbons (Fsp3) is 0.480. The molecule has 3 aromatic rings. The van der Waals surface area contributed by atoms with Gasteiger partial charge in [-0.15, -0.1) is 0 Å². The minimum Gasteiger partial charge on any atom is -0.490 e. The van der Waals surface area contributed by atoms with Gasteiger partial charge in [-0.3, -0.25) is 9.20 Å². The number of piperidine rings is 1. The molecule has 0 bridgehead atoms. The second-order valence-electron chi connectivity index (χ2n) is 9.48. The number of imidazole rings is 1. The molecule has 4 rings (SSSR count). The van der Waals surface area contributed by atoms with Gasteiger partial charge in [-0.25, -0.2) is 14.4 Å². The Hall–Kier alpha value is -2.91. The summed E-state index contributed by atoms with van der Waals surface area (Å²) in [6.45, 7) is 7.95. The Morgan fingerprint density at radius 2 is 2.09 bits per heavy atom. The fourth-order valence-corrected chi connectivity index (χ4v) is 4.79. The predicted molar refractivity (Wildman–Crippen MR) is 135 cm³/mol. The monoisotopic (exact) mass is 502 g/mol. The maximum Gasteiger partial charge on any atom is 0.258 e. The summed E-state index contributed by atoms with van der Waals surface area (Å²) in [5.74, 6) is 0.237. The highest BCUT2D eigenvalue weighted by atomic mass is 35.5. The number of ether oxygens (including phenoxy) is 1. The summed E-state index contributed by atoms with van der Waals surface area (Å²) >= 11 is 6.28. The predicted octanol–water partition coefficient (Wildman–Crippen LogP) is 3.86. The van der Waals surface area contributed by atoms with Crippen LogP contribution in [-0.4, -0.2) is 58.0 Å². The molecule has 35 heavy (non-hydrogen) atoms. The summed E-state index contributed by atoms with van der Waals surface area (Å²) in [7, 11) is 2.09. The van der Waals surface area contributed by atoms with Crippen LogP contribution in [0.1, 0.15) is 54.1 Å². The van der Waals surface area contributed by atoms with Crippen LogP contribution < -0.4 is 15.8 Å². The molecule has 188 valence electrons. The second kappa shape index (κ2) is 10.4. The summed E-state index contributed by atoms with van der Waals surface area (Å²) < 4.78 is 23.1. The number of nitrogens with two attached hydrogens (primary N) is 1. The third-order valence-corrected chi connectivity index (χ3v) is 6.67. The Morgan fingerprint density at radius 1 is 1.37 bits per heavy atom. The number of carbonyl (C=O) groups excluding carboxylic acids is 1. The van der Waals surface area contributed by atoms with Crippen LogP contribution in [0, 0.1) is 18.7 Å². The Balaban J connectivity index is 1.69. The zero-order valence-electron chi connectivity index (χ0n) is 20.6. The van der Waals surface area contributed by atoms with Crippen LogP contribution in [0.4, 0.5) is 10.2 Å². The smallest absolute Gasteiger partial charge is 0.258 e. The molecular formula is C25H32ClFN6O2. The standard InChI is InChI=1S/C25H32ClFN6O2/c1-14(2)35-23-17(12-19-31-15(3)22-24(28)29-7-10-33(19)22)11-18(26)21(27)20(23)25(34)30-13-16-5-8-32(4)9-6-16/h7,10-11,14,16H,5-6,8-9,12-13H2,1-4H3,(H2,28,29)(H,30,34). The number of benzene rings is 1. The summed E-state index contributed by atoms with van der Waals surface area (Å²) in [4.78, 5) is 24.3. The molecule has 1 fully saturated rings. The van der Waals surface area contributed by atoms with Crippen molar-refractivity contribution in [3.63, 3.8) is 0 Å². The van der Waals surface area contributed by atoms with Crippen LogP contribution in [-0.2, 0) is 6.42 Å². The van der Waals surface area contributed by atoms with Gasteiger partial charge in [0, 0.05) is 30.9 Å². The van der Waals surface area contributed by atoms with E-state index in [1.54, 1.807) is 12.4 Å². The van der Waals surface area contributed by atoms with Crippen LogP contribution in [0.15, 0.2) is 18.5 Å². The molecule has 0 aliphatic carbocycles. The van der Waals surface area contributed by atoms with E-state index < -0.39 is 11.7 Å². The van der Waals surface area contributed by atoms with Gasteiger partial charge >= 0.3 is 0 Å². The Morgan fingerprint density at radius 3 is 2.77 bits per heavy atom. The molecule has 0 saturated carbocycles. The highest BCUT2D eigenvalue weighted by Gasteiger charge is 2.27. The van der Waals surface area contributed by atoms with Gasteiger partial charge in [-0.1, -0.05) is 11.6 Å². The summed E-state index contributed by atoms with van der Waals surface area (Å²) in [6, 6.07) is 1.50. The van der Waals surface area contributed by atoms with Gasteiger partial charge in [0.25, 0.3) is 5.91 Å². The molecule has 2 aromatic heterocycles. The van der Waals surface area contributed by atoms with E-state index in [0.29, 0.717) is 35.2 Å². The zero-order chi connectivity index (χ0) is 25.3. The molecule has 1 amide bonds. The van der Waals surface area contributed by atoms with Crippen molar-refractivity contribution in [2.45, 2.75) is 46.1 Å². The van der Waals surface area contributed by atoms with Gasteiger partial charge < -0.3 is 20.7 Å². The van der Waals surface area contributed by atoms with Crippen molar-refractivity contribution in [3.05, 3.63) is 51.9 Å². The first-order chi connectivity index (χ1) is 16.7. The Bertz CT molecular complexity index is 1240. The summed E-state index contributed by atoms with van der Waals surface area (Å²) in [6.07, 6.45) is 5.31. The van der Waals surface area contributed by atoms with E-state index in [2.05, 4.69) is 27.2 Å². The van der Waals surface area contributed by atoms with E-state index in [0.717, 1.165) is 31.6 Å². The van der Waals surface area contributed by atoms with Crippen molar-refractivity contribution in [2.24, 2.45) is 5.92 Å². The first-order valence-corrected chi connectivity index (χ1v) is 12.3. The first-order valence-electron chi connectivity index (χ1n) is 11.9. The number of nitrogens with one attached hydrogen (secondary N) is 1. The second-order valence-corrected chi connectivity index (χ2v) is 9.89. The van der Waals surface area contributed by atoms with E-state index >= 15 is 4.39 Å². The van der Waals surface area contributed by atoms with Crippen molar-refractivity contribution in [1.29, 1.82) is 0 Å². The number of amides is 1. The Labute approximate surface area is 209 Å². The molecule has 0 unspecified atom stereocenters. The molecule has 1 aliphatic rings. The van der Waals surface area contributed by atoms with E-state index in [4.69, 9.17) is 22.1 Å². The number of likely N-dealkylation sites (tertiary alicyclic amines) is 1. The summed E-state index contributed by atoms with van der Waals surface area (Å²) in [5.41, 5.74) is 7.87.